The minimum Gasteiger partial charge on any atom is -0.467 e. The first kappa shape index (κ1) is 21.6. The van der Waals surface area contributed by atoms with Gasteiger partial charge in [0, 0.05) is 25.0 Å². The van der Waals surface area contributed by atoms with Gasteiger partial charge in [0.15, 0.2) is 0 Å². The number of carbonyl (C=O) groups is 1. The lowest BCUT2D eigenvalue weighted by atomic mass is 9.68. The maximum atomic E-state index is 12.6. The molecule has 4 heteroatoms. The average molecular weight is 398 g/mol. The first-order valence-electron chi connectivity index (χ1n) is 10.9. The molecule has 3 rings (SSSR count). The van der Waals surface area contributed by atoms with Crippen LogP contribution in [0.5, 0.6) is 0 Å². The third kappa shape index (κ3) is 5.30. The standard InChI is InChI=1S/C25H35NO3/c1-5-24(27)26(18-22-7-6-15-28-22)14-12-25(21-10-8-20(4)9-11-21)13-16-29-23(17-25)19(2)3/h6-11,15,19,23H,5,12-14,16-18H2,1-4H3/t23-,25-/m1/s1. The first-order valence-corrected chi connectivity index (χ1v) is 10.9. The van der Waals surface area contributed by atoms with Crippen molar-refractivity contribution in [1.82, 2.24) is 4.90 Å². The van der Waals surface area contributed by atoms with Gasteiger partial charge in [-0.2, -0.15) is 0 Å². The fraction of sp³-hybridized carbons (Fsp3) is 0.560. The molecule has 0 spiro atoms. The number of rotatable bonds is 8. The second kappa shape index (κ2) is 9.62. The van der Waals surface area contributed by atoms with E-state index in [0.29, 0.717) is 18.9 Å². The molecular formula is C25H35NO3. The Balaban J connectivity index is 1.83. The van der Waals surface area contributed by atoms with Crippen LogP contribution in [0.3, 0.4) is 0 Å². The highest BCUT2D eigenvalue weighted by Gasteiger charge is 2.39. The van der Waals surface area contributed by atoms with Gasteiger partial charge in [0.25, 0.3) is 0 Å². The highest BCUT2D eigenvalue weighted by Crippen LogP contribution is 2.42. The summed E-state index contributed by atoms with van der Waals surface area (Å²) in [5, 5.41) is 0. The summed E-state index contributed by atoms with van der Waals surface area (Å²) in [5.41, 5.74) is 2.69. The predicted octanol–water partition coefficient (Wildman–Crippen LogP) is 5.49. The van der Waals surface area contributed by atoms with Crippen LogP contribution in [0.2, 0.25) is 0 Å². The van der Waals surface area contributed by atoms with Crippen LogP contribution in [-0.2, 0) is 21.5 Å². The van der Waals surface area contributed by atoms with Crippen LogP contribution in [0.25, 0.3) is 0 Å². The summed E-state index contributed by atoms with van der Waals surface area (Å²) in [6, 6.07) is 12.8. The normalized spacial score (nSPS) is 22.0. The summed E-state index contributed by atoms with van der Waals surface area (Å²) in [6.07, 6.45) is 5.37. The van der Waals surface area contributed by atoms with Crippen LogP contribution in [0.4, 0.5) is 0 Å². The molecule has 0 aliphatic carbocycles. The minimum atomic E-state index is 0.0380. The van der Waals surface area contributed by atoms with Gasteiger partial charge < -0.3 is 14.1 Å². The average Bonchev–Trinajstić information content (AvgIpc) is 3.24. The molecule has 0 saturated carbocycles. The van der Waals surface area contributed by atoms with Crippen molar-refractivity contribution in [2.75, 3.05) is 13.2 Å². The maximum Gasteiger partial charge on any atom is 0.222 e. The van der Waals surface area contributed by atoms with Crippen molar-refractivity contribution in [3.05, 3.63) is 59.5 Å². The van der Waals surface area contributed by atoms with Gasteiger partial charge in [0.05, 0.1) is 18.9 Å². The Morgan fingerprint density at radius 1 is 1.24 bits per heavy atom. The number of ether oxygens (including phenoxy) is 1. The van der Waals surface area contributed by atoms with Gasteiger partial charge >= 0.3 is 0 Å². The summed E-state index contributed by atoms with van der Waals surface area (Å²) in [4.78, 5) is 14.6. The van der Waals surface area contributed by atoms with E-state index in [1.54, 1.807) is 6.26 Å². The largest absolute Gasteiger partial charge is 0.467 e. The van der Waals surface area contributed by atoms with E-state index in [9.17, 15) is 4.79 Å². The van der Waals surface area contributed by atoms with E-state index in [-0.39, 0.29) is 17.4 Å². The Kier molecular flexibility index (Phi) is 7.18. The zero-order chi connectivity index (χ0) is 20.9. The molecule has 4 nitrogen and oxygen atoms in total. The van der Waals surface area contributed by atoms with E-state index in [0.717, 1.165) is 38.2 Å². The van der Waals surface area contributed by atoms with Gasteiger partial charge in [-0.25, -0.2) is 0 Å². The van der Waals surface area contributed by atoms with Gasteiger partial charge in [-0.1, -0.05) is 50.6 Å². The maximum absolute atomic E-state index is 12.6. The highest BCUT2D eigenvalue weighted by molar-refractivity contribution is 5.75. The molecule has 0 N–H and O–H groups in total. The Morgan fingerprint density at radius 3 is 2.62 bits per heavy atom. The number of aryl methyl sites for hydroxylation is 1. The monoisotopic (exact) mass is 397 g/mol. The molecule has 2 aromatic rings. The number of carbonyl (C=O) groups excluding carboxylic acids is 1. The van der Waals surface area contributed by atoms with Crippen LogP contribution in [0, 0.1) is 12.8 Å². The number of benzene rings is 1. The third-order valence-corrected chi connectivity index (χ3v) is 6.35. The fourth-order valence-corrected chi connectivity index (χ4v) is 4.38. The molecule has 1 aliphatic rings. The molecule has 1 saturated heterocycles. The smallest absolute Gasteiger partial charge is 0.222 e. The molecule has 0 unspecified atom stereocenters. The summed E-state index contributed by atoms with van der Waals surface area (Å²) >= 11 is 0. The summed E-state index contributed by atoms with van der Waals surface area (Å²) < 4.78 is 11.6. The lowest BCUT2D eigenvalue weighted by Gasteiger charge is -2.44. The molecule has 1 aromatic carbocycles. The highest BCUT2D eigenvalue weighted by atomic mass is 16.5. The van der Waals surface area contributed by atoms with Crippen molar-refractivity contribution in [3.8, 4) is 0 Å². The van der Waals surface area contributed by atoms with Gasteiger partial charge in [-0.15, -0.1) is 0 Å². The summed E-state index contributed by atoms with van der Waals surface area (Å²) in [5.74, 6) is 1.49. The molecule has 2 heterocycles. The molecular weight excluding hydrogens is 362 g/mol. The number of hydrogen-bond donors (Lipinski definition) is 0. The van der Waals surface area contributed by atoms with Crippen molar-refractivity contribution in [2.24, 2.45) is 5.92 Å². The van der Waals surface area contributed by atoms with Crippen molar-refractivity contribution < 1.29 is 13.9 Å². The number of amides is 1. The first-order chi connectivity index (χ1) is 13.9. The summed E-state index contributed by atoms with van der Waals surface area (Å²) in [7, 11) is 0. The lowest BCUT2D eigenvalue weighted by Crippen LogP contribution is -2.43. The molecule has 1 amide bonds. The van der Waals surface area contributed by atoms with E-state index in [1.165, 1.54) is 11.1 Å². The van der Waals surface area contributed by atoms with E-state index < -0.39 is 0 Å². The van der Waals surface area contributed by atoms with Crippen molar-refractivity contribution in [3.63, 3.8) is 0 Å². The second-order valence-electron chi connectivity index (χ2n) is 8.75. The topological polar surface area (TPSA) is 42.7 Å². The van der Waals surface area contributed by atoms with E-state index in [1.807, 2.05) is 24.0 Å². The van der Waals surface area contributed by atoms with Gasteiger partial charge in [-0.3, -0.25) is 4.79 Å². The number of nitrogens with zero attached hydrogens (tertiary/aromatic N) is 1. The quantitative estimate of drug-likeness (QED) is 0.591. The Hall–Kier alpha value is -2.07. The molecule has 1 aliphatic heterocycles. The molecule has 0 radical (unpaired) electrons. The second-order valence-corrected chi connectivity index (χ2v) is 8.75. The van der Waals surface area contributed by atoms with Crippen LogP contribution >= 0.6 is 0 Å². The minimum absolute atomic E-state index is 0.0380. The van der Waals surface area contributed by atoms with Crippen LogP contribution in [-0.4, -0.2) is 30.1 Å². The number of furan rings is 1. The van der Waals surface area contributed by atoms with Gasteiger partial charge in [0.2, 0.25) is 5.91 Å². The zero-order valence-corrected chi connectivity index (χ0v) is 18.3. The predicted molar refractivity (Wildman–Crippen MR) is 116 cm³/mol. The fourth-order valence-electron chi connectivity index (χ4n) is 4.38. The van der Waals surface area contributed by atoms with Crippen molar-refractivity contribution in [2.45, 2.75) is 71.4 Å². The molecule has 158 valence electrons. The molecule has 0 bridgehead atoms. The molecule has 1 aromatic heterocycles. The SMILES string of the molecule is CCC(=O)N(CC[C@@]1(c2ccc(C)cc2)CCO[C@@H](C(C)C)C1)Cc1ccco1. The van der Waals surface area contributed by atoms with E-state index in [2.05, 4.69) is 45.0 Å². The molecule has 29 heavy (non-hydrogen) atoms. The Labute approximate surface area is 175 Å². The third-order valence-electron chi connectivity index (χ3n) is 6.35. The van der Waals surface area contributed by atoms with Crippen LogP contribution in [0.1, 0.15) is 63.3 Å². The Bertz CT molecular complexity index is 766. The van der Waals surface area contributed by atoms with Crippen LogP contribution < -0.4 is 0 Å². The van der Waals surface area contributed by atoms with E-state index in [4.69, 9.17) is 9.15 Å². The van der Waals surface area contributed by atoms with Crippen molar-refractivity contribution >= 4 is 5.91 Å². The lowest BCUT2D eigenvalue weighted by molar-refractivity contribution is -0.132. The van der Waals surface area contributed by atoms with Gasteiger partial charge in [-0.05, 0) is 49.8 Å². The van der Waals surface area contributed by atoms with Crippen LogP contribution in [0.15, 0.2) is 47.1 Å². The molecule has 1 fully saturated rings. The van der Waals surface area contributed by atoms with E-state index >= 15 is 0 Å². The van der Waals surface area contributed by atoms with Gasteiger partial charge in [0.1, 0.15) is 5.76 Å². The Morgan fingerprint density at radius 2 is 2.00 bits per heavy atom. The summed E-state index contributed by atoms with van der Waals surface area (Å²) in [6.45, 7) is 10.6. The van der Waals surface area contributed by atoms with Crippen molar-refractivity contribution in [1.29, 1.82) is 0 Å². The number of hydrogen-bond acceptors (Lipinski definition) is 3. The zero-order valence-electron chi connectivity index (χ0n) is 18.3. The molecule has 2 atom stereocenters.